The number of benzene rings is 2. The Morgan fingerprint density at radius 3 is 2.31 bits per heavy atom. The van der Waals surface area contributed by atoms with E-state index in [0.29, 0.717) is 22.8 Å². The van der Waals surface area contributed by atoms with Gasteiger partial charge in [0.25, 0.3) is 0 Å². The summed E-state index contributed by atoms with van der Waals surface area (Å²) in [4.78, 5) is 16.0. The number of amides is 2. The topological polar surface area (TPSA) is 100 Å². The molecule has 1 heterocycles. The molecule has 29 heavy (non-hydrogen) atoms. The Morgan fingerprint density at radius 1 is 0.931 bits per heavy atom. The second-order valence-electron chi connectivity index (χ2n) is 6.10. The predicted molar refractivity (Wildman–Crippen MR) is 112 cm³/mol. The van der Waals surface area contributed by atoms with E-state index in [0.717, 1.165) is 5.56 Å². The van der Waals surface area contributed by atoms with Crippen molar-refractivity contribution in [2.75, 3.05) is 5.32 Å². The first-order valence-corrected chi connectivity index (χ1v) is 10.6. The standard InChI is InChI=1S/C20H19ClN4O3S/c21-19-4-2-1-3-16(19)14-24-29(27,28)18-7-5-17(6-8-18)25-20(26)23-13-15-9-11-22-12-10-15/h1-12,24H,13-14H2,(H2,23,25,26). The highest BCUT2D eigenvalue weighted by Crippen LogP contribution is 2.17. The van der Waals surface area contributed by atoms with Gasteiger partial charge in [-0.25, -0.2) is 17.9 Å². The fraction of sp³-hybridized carbons (Fsp3) is 0.100. The molecule has 1 aromatic heterocycles. The summed E-state index contributed by atoms with van der Waals surface area (Å²) in [6.07, 6.45) is 3.29. The largest absolute Gasteiger partial charge is 0.334 e. The Morgan fingerprint density at radius 2 is 1.62 bits per heavy atom. The molecule has 0 aliphatic carbocycles. The molecule has 2 aromatic carbocycles. The number of sulfonamides is 1. The van der Waals surface area contributed by atoms with Crippen molar-refractivity contribution in [2.45, 2.75) is 18.0 Å². The lowest BCUT2D eigenvalue weighted by Gasteiger charge is -2.10. The van der Waals surface area contributed by atoms with E-state index in [2.05, 4.69) is 20.3 Å². The molecule has 0 unspecified atom stereocenters. The molecule has 3 rings (SSSR count). The number of aromatic nitrogens is 1. The van der Waals surface area contributed by atoms with Crippen molar-refractivity contribution < 1.29 is 13.2 Å². The van der Waals surface area contributed by atoms with Crippen LogP contribution in [0.4, 0.5) is 10.5 Å². The van der Waals surface area contributed by atoms with Crippen LogP contribution in [0, 0.1) is 0 Å². The second-order valence-corrected chi connectivity index (χ2v) is 8.28. The molecule has 3 N–H and O–H groups in total. The monoisotopic (exact) mass is 430 g/mol. The number of anilines is 1. The Balaban J connectivity index is 1.56. The summed E-state index contributed by atoms with van der Waals surface area (Å²) >= 11 is 6.05. The highest BCUT2D eigenvalue weighted by atomic mass is 35.5. The van der Waals surface area contributed by atoms with Crippen LogP contribution in [0.15, 0.2) is 78.0 Å². The first-order valence-electron chi connectivity index (χ1n) is 8.71. The molecule has 0 fully saturated rings. The van der Waals surface area contributed by atoms with Crippen LogP contribution in [0.5, 0.6) is 0 Å². The molecular formula is C20H19ClN4O3S. The molecule has 9 heteroatoms. The highest BCUT2D eigenvalue weighted by molar-refractivity contribution is 7.89. The van der Waals surface area contributed by atoms with Gasteiger partial charge in [-0.1, -0.05) is 29.8 Å². The van der Waals surface area contributed by atoms with Gasteiger partial charge < -0.3 is 10.6 Å². The van der Waals surface area contributed by atoms with Crippen molar-refractivity contribution in [3.05, 3.63) is 89.2 Å². The van der Waals surface area contributed by atoms with Crippen LogP contribution in [0.3, 0.4) is 0 Å². The third kappa shape index (κ3) is 6.02. The van der Waals surface area contributed by atoms with Gasteiger partial charge in [-0.2, -0.15) is 0 Å². The van der Waals surface area contributed by atoms with E-state index >= 15 is 0 Å². The maximum atomic E-state index is 12.5. The zero-order valence-corrected chi connectivity index (χ0v) is 16.9. The number of nitrogens with one attached hydrogen (secondary N) is 3. The SMILES string of the molecule is O=C(NCc1ccncc1)Nc1ccc(S(=O)(=O)NCc2ccccc2Cl)cc1. The number of nitrogens with zero attached hydrogens (tertiary/aromatic N) is 1. The Bertz CT molecular complexity index is 1070. The average Bonchev–Trinajstić information content (AvgIpc) is 2.73. The van der Waals surface area contributed by atoms with E-state index in [-0.39, 0.29) is 11.4 Å². The number of hydrogen-bond acceptors (Lipinski definition) is 4. The molecule has 0 saturated heterocycles. The van der Waals surface area contributed by atoms with E-state index in [9.17, 15) is 13.2 Å². The summed E-state index contributed by atoms with van der Waals surface area (Å²) in [6.45, 7) is 0.437. The quantitative estimate of drug-likeness (QED) is 0.533. The second kappa shape index (κ2) is 9.51. The van der Waals surface area contributed by atoms with Gasteiger partial charge in [0, 0.05) is 36.2 Å². The molecule has 0 bridgehead atoms. The minimum atomic E-state index is -3.71. The summed E-state index contributed by atoms with van der Waals surface area (Å²) < 4.78 is 27.4. The summed E-state index contributed by atoms with van der Waals surface area (Å²) in [7, 11) is -3.71. The minimum Gasteiger partial charge on any atom is -0.334 e. The number of halogens is 1. The normalized spacial score (nSPS) is 11.1. The van der Waals surface area contributed by atoms with Crippen LogP contribution in [-0.2, 0) is 23.1 Å². The molecule has 0 aliphatic heterocycles. The van der Waals surface area contributed by atoms with E-state index in [1.807, 2.05) is 0 Å². The van der Waals surface area contributed by atoms with Crippen LogP contribution in [0.25, 0.3) is 0 Å². The summed E-state index contributed by atoms with van der Waals surface area (Å²) in [5.41, 5.74) is 2.07. The van der Waals surface area contributed by atoms with Crippen LogP contribution >= 0.6 is 11.6 Å². The third-order valence-electron chi connectivity index (χ3n) is 4.04. The minimum absolute atomic E-state index is 0.0828. The fourth-order valence-electron chi connectivity index (χ4n) is 2.47. The lowest BCUT2D eigenvalue weighted by Crippen LogP contribution is -2.28. The number of pyridine rings is 1. The van der Waals surface area contributed by atoms with Gasteiger partial charge in [0.2, 0.25) is 10.0 Å². The smallest absolute Gasteiger partial charge is 0.319 e. The number of rotatable bonds is 7. The lowest BCUT2D eigenvalue weighted by atomic mass is 10.2. The lowest BCUT2D eigenvalue weighted by molar-refractivity contribution is 0.251. The molecule has 0 saturated carbocycles. The zero-order valence-electron chi connectivity index (χ0n) is 15.3. The van der Waals surface area contributed by atoms with Gasteiger partial charge in [-0.3, -0.25) is 4.98 Å². The molecular weight excluding hydrogens is 412 g/mol. The van der Waals surface area contributed by atoms with Gasteiger partial charge in [0.1, 0.15) is 0 Å². The summed E-state index contributed by atoms with van der Waals surface area (Å²) in [6, 6.07) is 16.1. The maximum absolute atomic E-state index is 12.5. The first kappa shape index (κ1) is 20.8. The molecule has 0 atom stereocenters. The van der Waals surface area contributed by atoms with E-state index in [1.165, 1.54) is 24.3 Å². The highest BCUT2D eigenvalue weighted by Gasteiger charge is 2.14. The van der Waals surface area contributed by atoms with Gasteiger partial charge in [0.05, 0.1) is 4.90 Å². The van der Waals surface area contributed by atoms with E-state index in [4.69, 9.17) is 11.6 Å². The van der Waals surface area contributed by atoms with Crippen LogP contribution in [-0.4, -0.2) is 19.4 Å². The molecule has 7 nitrogen and oxygen atoms in total. The van der Waals surface area contributed by atoms with Crippen molar-refractivity contribution in [1.29, 1.82) is 0 Å². The molecule has 150 valence electrons. The maximum Gasteiger partial charge on any atom is 0.319 e. The third-order valence-corrected chi connectivity index (χ3v) is 5.82. The Kier molecular flexibility index (Phi) is 6.82. The van der Waals surface area contributed by atoms with Crippen LogP contribution < -0.4 is 15.4 Å². The number of hydrogen-bond donors (Lipinski definition) is 3. The Hall–Kier alpha value is -2.94. The molecule has 2 amide bonds. The number of carbonyl (C=O) groups excluding carboxylic acids is 1. The van der Waals surface area contributed by atoms with Crippen LogP contribution in [0.1, 0.15) is 11.1 Å². The number of urea groups is 1. The van der Waals surface area contributed by atoms with Crippen molar-refractivity contribution in [3.63, 3.8) is 0 Å². The van der Waals surface area contributed by atoms with Gasteiger partial charge in [-0.05, 0) is 53.6 Å². The van der Waals surface area contributed by atoms with Crippen molar-refractivity contribution in [1.82, 2.24) is 15.0 Å². The average molecular weight is 431 g/mol. The van der Waals surface area contributed by atoms with Crippen molar-refractivity contribution >= 4 is 33.3 Å². The van der Waals surface area contributed by atoms with Crippen molar-refractivity contribution in [2.24, 2.45) is 0 Å². The van der Waals surface area contributed by atoms with Gasteiger partial charge in [0.15, 0.2) is 0 Å². The Labute approximate surface area is 174 Å². The molecule has 0 radical (unpaired) electrons. The summed E-state index contributed by atoms with van der Waals surface area (Å²) in [5.74, 6) is 0. The van der Waals surface area contributed by atoms with E-state index in [1.54, 1.807) is 48.8 Å². The first-order chi connectivity index (χ1) is 13.9. The molecule has 0 spiro atoms. The zero-order chi connectivity index (χ0) is 20.7. The van der Waals surface area contributed by atoms with Gasteiger partial charge in [-0.15, -0.1) is 0 Å². The molecule has 3 aromatic rings. The van der Waals surface area contributed by atoms with Crippen molar-refractivity contribution in [3.8, 4) is 0 Å². The van der Waals surface area contributed by atoms with E-state index < -0.39 is 16.1 Å². The van der Waals surface area contributed by atoms with Crippen LogP contribution in [0.2, 0.25) is 5.02 Å². The van der Waals surface area contributed by atoms with Gasteiger partial charge >= 0.3 is 6.03 Å². The predicted octanol–water partition coefficient (Wildman–Crippen LogP) is 3.54. The number of carbonyl (C=O) groups is 1. The molecule has 0 aliphatic rings. The summed E-state index contributed by atoms with van der Waals surface area (Å²) in [5, 5.41) is 5.87. The fourth-order valence-corrected chi connectivity index (χ4v) is 3.68.